The van der Waals surface area contributed by atoms with Crippen molar-refractivity contribution in [2.45, 2.75) is 44.7 Å². The average Bonchev–Trinajstić information content (AvgIpc) is 3.28. The van der Waals surface area contributed by atoms with Crippen LogP contribution >= 0.6 is 0 Å². The summed E-state index contributed by atoms with van der Waals surface area (Å²) in [5.74, 6) is 1.93. The maximum absolute atomic E-state index is 12.8. The minimum Gasteiger partial charge on any atom is -0.346 e. The first-order valence-electron chi connectivity index (χ1n) is 9.35. The van der Waals surface area contributed by atoms with Gasteiger partial charge >= 0.3 is 0 Å². The fourth-order valence-electron chi connectivity index (χ4n) is 4.63. The lowest BCUT2D eigenvalue weighted by Gasteiger charge is -2.46. The second kappa shape index (κ2) is 6.64. The van der Waals surface area contributed by atoms with Crippen molar-refractivity contribution >= 4 is 5.91 Å². The number of hydrogen-bond acceptors (Lipinski definition) is 3. The molecule has 4 rings (SSSR count). The lowest BCUT2D eigenvalue weighted by Crippen LogP contribution is -2.60. The highest BCUT2D eigenvalue weighted by Gasteiger charge is 2.53. The molecule has 5 nitrogen and oxygen atoms in total. The van der Waals surface area contributed by atoms with E-state index in [1.165, 1.54) is 12.8 Å². The zero-order valence-corrected chi connectivity index (χ0v) is 14.6. The first-order valence-corrected chi connectivity index (χ1v) is 9.35. The summed E-state index contributed by atoms with van der Waals surface area (Å²) < 4.78 is 0. The minimum atomic E-state index is -0.0994. The number of amides is 1. The number of carbonyl (C=O) groups excluding carboxylic acids is 1. The molecule has 2 aliphatic rings. The summed E-state index contributed by atoms with van der Waals surface area (Å²) in [5, 5.41) is 3.18. The summed E-state index contributed by atoms with van der Waals surface area (Å²) in [6.07, 6.45) is 6.17. The van der Waals surface area contributed by atoms with Gasteiger partial charge in [0.25, 0.3) is 0 Å². The lowest BCUT2D eigenvalue weighted by atomic mass is 9.62. The summed E-state index contributed by atoms with van der Waals surface area (Å²) in [7, 11) is 0. The van der Waals surface area contributed by atoms with Crippen molar-refractivity contribution in [2.75, 3.05) is 0 Å². The van der Waals surface area contributed by atoms with E-state index in [-0.39, 0.29) is 23.9 Å². The molecule has 5 heteroatoms. The van der Waals surface area contributed by atoms with Crippen LogP contribution in [0.15, 0.2) is 36.5 Å². The number of H-pyrrole nitrogens is 1. The summed E-state index contributed by atoms with van der Waals surface area (Å²) in [5.41, 5.74) is 8.33. The van der Waals surface area contributed by atoms with Gasteiger partial charge in [-0.3, -0.25) is 4.79 Å². The van der Waals surface area contributed by atoms with Crippen LogP contribution in [-0.4, -0.2) is 21.9 Å². The molecule has 132 valence electrons. The van der Waals surface area contributed by atoms with E-state index in [0.29, 0.717) is 11.8 Å². The molecule has 0 saturated heterocycles. The molecule has 2 fully saturated rings. The predicted molar refractivity (Wildman–Crippen MR) is 97.5 cm³/mol. The molecule has 1 aromatic heterocycles. The summed E-state index contributed by atoms with van der Waals surface area (Å²) >= 11 is 0. The van der Waals surface area contributed by atoms with E-state index in [1.807, 2.05) is 36.5 Å². The first kappa shape index (κ1) is 16.3. The highest BCUT2D eigenvalue weighted by Crippen LogP contribution is 2.50. The number of benzene rings is 1. The molecule has 1 heterocycles. The number of carbonyl (C=O) groups is 1. The average molecular weight is 338 g/mol. The van der Waals surface area contributed by atoms with E-state index < -0.39 is 0 Å². The Kier molecular flexibility index (Phi) is 4.34. The van der Waals surface area contributed by atoms with Crippen molar-refractivity contribution < 1.29 is 4.79 Å². The Balaban J connectivity index is 1.46. The van der Waals surface area contributed by atoms with Crippen LogP contribution < -0.4 is 11.1 Å². The van der Waals surface area contributed by atoms with Gasteiger partial charge in [-0.15, -0.1) is 0 Å². The largest absolute Gasteiger partial charge is 0.346 e. The molecule has 2 aromatic rings. The topological polar surface area (TPSA) is 83.8 Å². The van der Waals surface area contributed by atoms with E-state index in [0.717, 1.165) is 29.9 Å². The number of rotatable bonds is 5. The Labute approximate surface area is 148 Å². The number of aromatic amines is 1. The van der Waals surface area contributed by atoms with Crippen LogP contribution in [0.3, 0.4) is 0 Å². The van der Waals surface area contributed by atoms with Gasteiger partial charge < -0.3 is 16.0 Å². The molecule has 2 saturated carbocycles. The summed E-state index contributed by atoms with van der Waals surface area (Å²) in [6, 6.07) is 10.0. The van der Waals surface area contributed by atoms with Gasteiger partial charge in [-0.05, 0) is 36.7 Å². The van der Waals surface area contributed by atoms with Crippen molar-refractivity contribution in [3.8, 4) is 11.3 Å². The molecule has 0 spiro atoms. The molecule has 0 radical (unpaired) electrons. The van der Waals surface area contributed by atoms with E-state index in [2.05, 4.69) is 22.2 Å². The zero-order chi connectivity index (χ0) is 17.4. The molecule has 5 atom stereocenters. The normalized spacial score (nSPS) is 28.9. The third kappa shape index (κ3) is 2.86. The third-order valence-electron chi connectivity index (χ3n) is 6.03. The summed E-state index contributed by atoms with van der Waals surface area (Å²) in [4.78, 5) is 20.6. The molecule has 25 heavy (non-hydrogen) atoms. The SMILES string of the molecule is CCC(NC(=O)[C@@H]1[C@@H](N)[C@@H]2CCC[C@@H]21)c1ncc(-c2ccccc2)[nH]1. The fraction of sp³-hybridized carbons (Fsp3) is 0.500. The maximum atomic E-state index is 12.8. The Bertz CT molecular complexity index is 741. The first-order chi connectivity index (χ1) is 12.2. The van der Waals surface area contributed by atoms with Gasteiger partial charge in [0.15, 0.2) is 0 Å². The molecular formula is C20H26N4O. The Morgan fingerprint density at radius 3 is 2.84 bits per heavy atom. The number of nitrogens with two attached hydrogens (primary N) is 1. The van der Waals surface area contributed by atoms with Gasteiger partial charge in [0, 0.05) is 6.04 Å². The van der Waals surface area contributed by atoms with Gasteiger partial charge in [-0.2, -0.15) is 0 Å². The quantitative estimate of drug-likeness (QED) is 0.783. The molecule has 4 N–H and O–H groups in total. The lowest BCUT2D eigenvalue weighted by molar-refractivity contribution is -0.135. The van der Waals surface area contributed by atoms with Gasteiger partial charge in [0.1, 0.15) is 5.82 Å². The monoisotopic (exact) mass is 338 g/mol. The van der Waals surface area contributed by atoms with E-state index in [1.54, 1.807) is 0 Å². The number of hydrogen-bond donors (Lipinski definition) is 3. The van der Waals surface area contributed by atoms with Crippen molar-refractivity contribution in [1.29, 1.82) is 0 Å². The molecule has 1 amide bonds. The highest BCUT2D eigenvalue weighted by atomic mass is 16.2. The van der Waals surface area contributed by atoms with Gasteiger partial charge in [0.2, 0.25) is 5.91 Å². The molecule has 1 unspecified atom stereocenters. The molecule has 1 aromatic carbocycles. The van der Waals surface area contributed by atoms with Gasteiger partial charge in [0.05, 0.1) is 23.9 Å². The summed E-state index contributed by atoms with van der Waals surface area (Å²) in [6.45, 7) is 2.06. The van der Waals surface area contributed by atoms with Crippen molar-refractivity contribution in [3.63, 3.8) is 0 Å². The second-order valence-corrected chi connectivity index (χ2v) is 7.38. The Morgan fingerprint density at radius 2 is 2.08 bits per heavy atom. The van der Waals surface area contributed by atoms with Crippen molar-refractivity contribution in [2.24, 2.45) is 23.5 Å². The van der Waals surface area contributed by atoms with Gasteiger partial charge in [-0.1, -0.05) is 43.7 Å². The minimum absolute atomic E-state index is 0.0231. The zero-order valence-electron chi connectivity index (χ0n) is 14.6. The highest BCUT2D eigenvalue weighted by molar-refractivity contribution is 5.81. The number of nitrogens with one attached hydrogen (secondary N) is 2. The third-order valence-corrected chi connectivity index (χ3v) is 6.03. The van der Waals surface area contributed by atoms with Crippen LogP contribution in [0.5, 0.6) is 0 Å². The molecular weight excluding hydrogens is 312 g/mol. The van der Waals surface area contributed by atoms with Crippen LogP contribution in [0.4, 0.5) is 0 Å². The van der Waals surface area contributed by atoms with Crippen LogP contribution in [0.2, 0.25) is 0 Å². The van der Waals surface area contributed by atoms with Crippen molar-refractivity contribution in [3.05, 3.63) is 42.4 Å². The van der Waals surface area contributed by atoms with Crippen LogP contribution in [0.25, 0.3) is 11.3 Å². The smallest absolute Gasteiger partial charge is 0.225 e. The standard InChI is InChI=1S/C20H26N4O/c1-2-15(19-22-11-16(23-19)12-7-4-3-5-8-12)24-20(25)17-13-9-6-10-14(13)18(17)21/h3-5,7-8,11,13-15,17-18H,2,6,9-10,21H2,1H3,(H,22,23)(H,24,25)/t13-,14+,15?,17-,18-/m0/s1. The van der Waals surface area contributed by atoms with Crippen LogP contribution in [0.1, 0.15) is 44.5 Å². The maximum Gasteiger partial charge on any atom is 0.225 e. The molecule has 0 aliphatic heterocycles. The van der Waals surface area contributed by atoms with Crippen LogP contribution in [-0.2, 0) is 4.79 Å². The van der Waals surface area contributed by atoms with Gasteiger partial charge in [-0.25, -0.2) is 4.98 Å². The number of fused-ring (bicyclic) bond motifs is 1. The number of imidazole rings is 1. The van der Waals surface area contributed by atoms with Crippen molar-refractivity contribution in [1.82, 2.24) is 15.3 Å². The Morgan fingerprint density at radius 1 is 1.32 bits per heavy atom. The Hall–Kier alpha value is -2.14. The van der Waals surface area contributed by atoms with E-state index in [4.69, 9.17) is 5.73 Å². The molecule has 2 aliphatic carbocycles. The second-order valence-electron chi connectivity index (χ2n) is 7.38. The molecule has 0 bridgehead atoms. The predicted octanol–water partition coefficient (Wildman–Crippen LogP) is 3.02. The fourth-order valence-corrected chi connectivity index (χ4v) is 4.63. The number of aromatic nitrogens is 2. The van der Waals surface area contributed by atoms with E-state index in [9.17, 15) is 4.79 Å². The van der Waals surface area contributed by atoms with E-state index >= 15 is 0 Å². The number of nitrogens with zero attached hydrogens (tertiary/aromatic N) is 1. The van der Waals surface area contributed by atoms with Crippen LogP contribution in [0, 0.1) is 17.8 Å².